The summed E-state index contributed by atoms with van der Waals surface area (Å²) in [5.41, 5.74) is 2.28. The molecule has 0 bridgehead atoms. The van der Waals surface area contributed by atoms with Crippen molar-refractivity contribution in [1.82, 2.24) is 14.9 Å². The van der Waals surface area contributed by atoms with Crippen LogP contribution in [-0.4, -0.2) is 35.4 Å². The summed E-state index contributed by atoms with van der Waals surface area (Å²) in [7, 11) is 1.99. The standard InChI is InChI=1S/C16H25N3O/c1-5-19-15-10-8-7-9-13(15)18-16(19)11-14(17-4)12(3)20-6-2/h7-10,12,14,17H,5-6,11H2,1-4H3. The minimum Gasteiger partial charge on any atom is -0.377 e. The van der Waals surface area contributed by atoms with Crippen LogP contribution in [0.25, 0.3) is 11.0 Å². The highest BCUT2D eigenvalue weighted by molar-refractivity contribution is 5.75. The molecule has 0 aliphatic heterocycles. The molecule has 20 heavy (non-hydrogen) atoms. The topological polar surface area (TPSA) is 39.1 Å². The van der Waals surface area contributed by atoms with Crippen LogP contribution in [0.1, 0.15) is 26.6 Å². The largest absolute Gasteiger partial charge is 0.377 e. The first-order chi connectivity index (χ1) is 9.71. The Bertz CT molecular complexity index is 550. The highest BCUT2D eigenvalue weighted by Gasteiger charge is 2.19. The summed E-state index contributed by atoms with van der Waals surface area (Å²) < 4.78 is 8.01. The maximum Gasteiger partial charge on any atom is 0.111 e. The van der Waals surface area contributed by atoms with Crippen molar-refractivity contribution >= 4 is 11.0 Å². The molecule has 0 spiro atoms. The molecule has 2 aromatic rings. The zero-order chi connectivity index (χ0) is 14.5. The summed E-state index contributed by atoms with van der Waals surface area (Å²) in [6.07, 6.45) is 1.05. The van der Waals surface area contributed by atoms with Crippen LogP contribution in [0.4, 0.5) is 0 Å². The van der Waals surface area contributed by atoms with E-state index in [-0.39, 0.29) is 12.1 Å². The number of rotatable bonds is 7. The van der Waals surface area contributed by atoms with Gasteiger partial charge in [0.1, 0.15) is 5.82 Å². The summed E-state index contributed by atoms with van der Waals surface area (Å²) in [4.78, 5) is 4.78. The average Bonchev–Trinajstić information content (AvgIpc) is 2.82. The van der Waals surface area contributed by atoms with Gasteiger partial charge < -0.3 is 14.6 Å². The number of fused-ring (bicyclic) bond motifs is 1. The molecular weight excluding hydrogens is 250 g/mol. The molecule has 1 aromatic carbocycles. The monoisotopic (exact) mass is 275 g/mol. The Hall–Kier alpha value is -1.39. The number of imidazole rings is 1. The number of likely N-dealkylation sites (N-methyl/N-ethyl adjacent to an activating group) is 1. The molecule has 0 amide bonds. The van der Waals surface area contributed by atoms with E-state index in [0.29, 0.717) is 0 Å². The fraction of sp³-hybridized carbons (Fsp3) is 0.562. The van der Waals surface area contributed by atoms with Gasteiger partial charge in [-0.1, -0.05) is 12.1 Å². The number of ether oxygens (including phenoxy) is 1. The summed E-state index contributed by atoms with van der Waals surface area (Å²) in [6.45, 7) is 7.99. The molecule has 4 nitrogen and oxygen atoms in total. The maximum atomic E-state index is 5.72. The van der Waals surface area contributed by atoms with Gasteiger partial charge in [-0.05, 0) is 40.0 Å². The minimum atomic E-state index is 0.176. The van der Waals surface area contributed by atoms with Gasteiger partial charge in [0, 0.05) is 25.6 Å². The van der Waals surface area contributed by atoms with Gasteiger partial charge in [0.2, 0.25) is 0 Å². The molecule has 1 N–H and O–H groups in total. The van der Waals surface area contributed by atoms with Gasteiger partial charge in [0.15, 0.2) is 0 Å². The molecule has 1 aromatic heterocycles. The normalized spacial score (nSPS) is 14.6. The van der Waals surface area contributed by atoms with Crippen LogP contribution in [0.3, 0.4) is 0 Å². The minimum absolute atomic E-state index is 0.176. The molecule has 4 heteroatoms. The molecule has 0 aliphatic rings. The molecule has 0 fully saturated rings. The molecule has 2 atom stereocenters. The average molecular weight is 275 g/mol. The lowest BCUT2D eigenvalue weighted by Gasteiger charge is -2.23. The van der Waals surface area contributed by atoms with Crippen molar-refractivity contribution in [2.24, 2.45) is 0 Å². The van der Waals surface area contributed by atoms with Gasteiger partial charge in [0.25, 0.3) is 0 Å². The third-order valence-electron chi connectivity index (χ3n) is 3.82. The first-order valence-electron chi connectivity index (χ1n) is 7.44. The number of aromatic nitrogens is 2. The Kier molecular flexibility index (Phi) is 5.15. The van der Waals surface area contributed by atoms with Gasteiger partial charge >= 0.3 is 0 Å². The quantitative estimate of drug-likeness (QED) is 0.844. The van der Waals surface area contributed by atoms with Crippen LogP contribution in [0.2, 0.25) is 0 Å². The zero-order valence-electron chi connectivity index (χ0n) is 12.9. The van der Waals surface area contributed by atoms with Crippen molar-refractivity contribution in [3.8, 4) is 0 Å². The smallest absolute Gasteiger partial charge is 0.111 e. The summed E-state index contributed by atoms with van der Waals surface area (Å²) in [5.74, 6) is 1.12. The summed E-state index contributed by atoms with van der Waals surface area (Å²) in [5, 5.41) is 3.35. The SMILES string of the molecule is CCOC(C)C(Cc1nc2ccccc2n1CC)NC. The molecule has 2 unspecified atom stereocenters. The predicted molar refractivity (Wildman–Crippen MR) is 83.0 cm³/mol. The van der Waals surface area contributed by atoms with Gasteiger partial charge in [0.05, 0.1) is 17.1 Å². The molecule has 2 rings (SSSR count). The van der Waals surface area contributed by atoms with Crippen molar-refractivity contribution in [2.75, 3.05) is 13.7 Å². The maximum absolute atomic E-state index is 5.72. The number of nitrogens with zero attached hydrogens (tertiary/aromatic N) is 2. The number of aryl methyl sites for hydroxylation is 1. The Labute approximate surface area is 121 Å². The second-order valence-electron chi connectivity index (χ2n) is 5.02. The van der Waals surface area contributed by atoms with Crippen LogP contribution in [0.5, 0.6) is 0 Å². The highest BCUT2D eigenvalue weighted by Crippen LogP contribution is 2.18. The first kappa shape index (κ1) is 15.0. The Morgan fingerprint density at radius 3 is 2.70 bits per heavy atom. The van der Waals surface area contributed by atoms with Crippen molar-refractivity contribution in [3.63, 3.8) is 0 Å². The predicted octanol–water partition coefficient (Wildman–Crippen LogP) is 2.61. The van der Waals surface area contributed by atoms with E-state index in [4.69, 9.17) is 9.72 Å². The van der Waals surface area contributed by atoms with Crippen LogP contribution in [0, 0.1) is 0 Å². The van der Waals surface area contributed by atoms with E-state index >= 15 is 0 Å². The molecule has 0 radical (unpaired) electrons. The number of nitrogens with one attached hydrogen (secondary N) is 1. The fourth-order valence-electron chi connectivity index (χ4n) is 2.71. The van der Waals surface area contributed by atoms with E-state index < -0.39 is 0 Å². The van der Waals surface area contributed by atoms with Crippen LogP contribution in [-0.2, 0) is 17.7 Å². The summed E-state index contributed by atoms with van der Waals surface area (Å²) in [6, 6.07) is 8.59. The lowest BCUT2D eigenvalue weighted by Crippen LogP contribution is -2.40. The van der Waals surface area contributed by atoms with Crippen molar-refractivity contribution in [1.29, 1.82) is 0 Å². The first-order valence-corrected chi connectivity index (χ1v) is 7.44. The Balaban J connectivity index is 2.27. The van der Waals surface area contributed by atoms with Crippen molar-refractivity contribution in [3.05, 3.63) is 30.1 Å². The number of hydrogen-bond acceptors (Lipinski definition) is 3. The second kappa shape index (κ2) is 6.86. The van der Waals surface area contributed by atoms with E-state index in [1.165, 1.54) is 5.52 Å². The molecule has 0 aliphatic carbocycles. The van der Waals surface area contributed by atoms with Gasteiger partial charge in [-0.15, -0.1) is 0 Å². The summed E-state index contributed by atoms with van der Waals surface area (Å²) >= 11 is 0. The van der Waals surface area contributed by atoms with E-state index in [0.717, 1.165) is 30.9 Å². The zero-order valence-corrected chi connectivity index (χ0v) is 12.9. The van der Waals surface area contributed by atoms with E-state index in [9.17, 15) is 0 Å². The van der Waals surface area contributed by atoms with E-state index in [1.54, 1.807) is 0 Å². The van der Waals surface area contributed by atoms with E-state index in [1.807, 2.05) is 20.0 Å². The van der Waals surface area contributed by atoms with E-state index in [2.05, 4.69) is 41.9 Å². The molecule has 1 heterocycles. The lowest BCUT2D eigenvalue weighted by molar-refractivity contribution is 0.0490. The third-order valence-corrected chi connectivity index (χ3v) is 3.82. The Morgan fingerprint density at radius 2 is 2.05 bits per heavy atom. The highest BCUT2D eigenvalue weighted by atomic mass is 16.5. The lowest BCUT2D eigenvalue weighted by atomic mass is 10.1. The fourth-order valence-corrected chi connectivity index (χ4v) is 2.71. The Morgan fingerprint density at radius 1 is 1.30 bits per heavy atom. The molecule has 0 saturated carbocycles. The van der Waals surface area contributed by atoms with Crippen molar-refractivity contribution < 1.29 is 4.74 Å². The number of benzene rings is 1. The molecular formula is C16H25N3O. The van der Waals surface area contributed by atoms with Crippen LogP contribution >= 0.6 is 0 Å². The van der Waals surface area contributed by atoms with Crippen LogP contribution < -0.4 is 5.32 Å². The molecule has 110 valence electrons. The number of para-hydroxylation sites is 2. The second-order valence-corrected chi connectivity index (χ2v) is 5.02. The third kappa shape index (κ3) is 3.02. The van der Waals surface area contributed by atoms with Crippen molar-refractivity contribution in [2.45, 2.75) is 45.9 Å². The molecule has 0 saturated heterocycles. The van der Waals surface area contributed by atoms with Gasteiger partial charge in [-0.25, -0.2) is 4.98 Å². The van der Waals surface area contributed by atoms with Gasteiger partial charge in [-0.2, -0.15) is 0 Å². The van der Waals surface area contributed by atoms with Crippen LogP contribution in [0.15, 0.2) is 24.3 Å². The van der Waals surface area contributed by atoms with Gasteiger partial charge in [-0.3, -0.25) is 0 Å². The number of hydrogen-bond donors (Lipinski definition) is 1.